The molecule has 0 aliphatic carbocycles. The molecule has 0 unspecified atom stereocenters. The number of aromatic nitrogens is 1. The monoisotopic (exact) mass is 205 g/mol. The molecular weight excluding hydrogens is 198 g/mol. The van der Waals surface area contributed by atoms with Crippen molar-refractivity contribution in [2.45, 2.75) is 18.4 Å². The Labute approximate surface area is 75.8 Å². The average Bonchev–Trinajstić information content (AvgIpc) is 2.03. The van der Waals surface area contributed by atoms with Crippen molar-refractivity contribution in [2.24, 2.45) is 0 Å². The lowest BCUT2D eigenvalue weighted by atomic mass is 10.2. The van der Waals surface area contributed by atoms with Crippen LogP contribution in [0.4, 0.5) is 0 Å². The number of aryl methyl sites for hydroxylation is 1. The minimum atomic E-state index is -3.67. The van der Waals surface area contributed by atoms with Gasteiger partial charge in [-0.2, -0.15) is 0 Å². The third-order valence-electron chi connectivity index (χ3n) is 1.46. The van der Waals surface area contributed by atoms with Crippen LogP contribution in [0.3, 0.4) is 0 Å². The molecule has 0 aromatic carbocycles. The fourth-order valence-corrected chi connectivity index (χ4v) is 1.45. The second kappa shape index (κ2) is 3.41. The van der Waals surface area contributed by atoms with E-state index in [0.717, 1.165) is 12.0 Å². The molecule has 5 heteroatoms. The van der Waals surface area contributed by atoms with Crippen molar-refractivity contribution in [1.29, 1.82) is 0 Å². The molecule has 0 spiro atoms. The minimum Gasteiger partial charge on any atom is -0.243 e. The number of rotatable bonds is 2. The molecule has 0 bridgehead atoms. The molecule has 0 fully saturated rings. The third-order valence-corrected chi connectivity index (χ3v) is 2.67. The predicted molar refractivity (Wildman–Crippen MR) is 46.7 cm³/mol. The Morgan fingerprint density at radius 2 is 2.17 bits per heavy atom. The van der Waals surface area contributed by atoms with E-state index in [1.165, 1.54) is 12.3 Å². The Hall–Kier alpha value is -0.610. The molecule has 1 heterocycles. The van der Waals surface area contributed by atoms with Gasteiger partial charge >= 0.3 is 0 Å². The van der Waals surface area contributed by atoms with Crippen LogP contribution in [0.25, 0.3) is 0 Å². The zero-order valence-corrected chi connectivity index (χ0v) is 8.06. The van der Waals surface area contributed by atoms with Gasteiger partial charge in [-0.25, -0.2) is 13.4 Å². The minimum absolute atomic E-state index is 0.0960. The van der Waals surface area contributed by atoms with E-state index in [0.29, 0.717) is 0 Å². The Morgan fingerprint density at radius 3 is 2.50 bits per heavy atom. The lowest BCUT2D eigenvalue weighted by Gasteiger charge is -1.96. The normalized spacial score (nSPS) is 11.5. The third kappa shape index (κ3) is 2.19. The van der Waals surface area contributed by atoms with Crippen LogP contribution in [-0.2, 0) is 15.5 Å². The van der Waals surface area contributed by atoms with Gasteiger partial charge in [-0.3, -0.25) is 0 Å². The van der Waals surface area contributed by atoms with E-state index in [9.17, 15) is 8.42 Å². The summed E-state index contributed by atoms with van der Waals surface area (Å²) in [5.74, 6) is 0. The van der Waals surface area contributed by atoms with Crippen molar-refractivity contribution in [3.05, 3.63) is 23.9 Å². The van der Waals surface area contributed by atoms with Gasteiger partial charge in [0.1, 0.15) is 0 Å². The maximum Gasteiger partial charge on any atom is 0.278 e. The van der Waals surface area contributed by atoms with Crippen LogP contribution in [-0.4, -0.2) is 13.4 Å². The first-order chi connectivity index (χ1) is 5.54. The zero-order valence-electron chi connectivity index (χ0n) is 6.49. The fourth-order valence-electron chi connectivity index (χ4n) is 0.764. The quantitative estimate of drug-likeness (QED) is 0.689. The van der Waals surface area contributed by atoms with Gasteiger partial charge < -0.3 is 0 Å². The molecule has 0 amide bonds. The lowest BCUT2D eigenvalue weighted by Crippen LogP contribution is -1.94. The summed E-state index contributed by atoms with van der Waals surface area (Å²) in [6.07, 6.45) is 2.34. The van der Waals surface area contributed by atoms with Crippen LogP contribution in [0.1, 0.15) is 12.5 Å². The number of hydrogen-bond acceptors (Lipinski definition) is 3. The first-order valence-corrected chi connectivity index (χ1v) is 5.74. The number of pyridine rings is 1. The maximum absolute atomic E-state index is 10.7. The Kier molecular flexibility index (Phi) is 2.69. The smallest absolute Gasteiger partial charge is 0.243 e. The van der Waals surface area contributed by atoms with Crippen molar-refractivity contribution in [3.8, 4) is 0 Å². The van der Waals surface area contributed by atoms with Crippen molar-refractivity contribution >= 4 is 19.7 Å². The summed E-state index contributed by atoms with van der Waals surface area (Å²) in [5, 5.41) is -0.0960. The molecule has 1 rings (SSSR count). The van der Waals surface area contributed by atoms with E-state index >= 15 is 0 Å². The molecule has 0 radical (unpaired) electrons. The van der Waals surface area contributed by atoms with Gasteiger partial charge in [-0.15, -0.1) is 0 Å². The Bertz CT molecular complexity index is 357. The van der Waals surface area contributed by atoms with Crippen LogP contribution in [0.5, 0.6) is 0 Å². The molecule has 0 saturated carbocycles. The number of hydrogen-bond donors (Lipinski definition) is 0. The van der Waals surface area contributed by atoms with Crippen molar-refractivity contribution < 1.29 is 8.42 Å². The standard InChI is InChI=1S/C7H8ClNO2S/c1-2-6-3-4-7(9-5-6)12(8,10)11/h3-5H,2H2,1H3. The molecule has 0 aliphatic rings. The van der Waals surface area contributed by atoms with Crippen LogP contribution in [0.15, 0.2) is 23.4 Å². The molecule has 0 aliphatic heterocycles. The second-order valence-electron chi connectivity index (χ2n) is 2.30. The highest BCUT2D eigenvalue weighted by Crippen LogP contribution is 2.11. The van der Waals surface area contributed by atoms with Crippen LogP contribution < -0.4 is 0 Å². The van der Waals surface area contributed by atoms with Crippen molar-refractivity contribution in [2.75, 3.05) is 0 Å². The Balaban J connectivity index is 3.09. The van der Waals surface area contributed by atoms with Gasteiger partial charge in [-0.05, 0) is 18.1 Å². The first kappa shape index (κ1) is 9.48. The van der Waals surface area contributed by atoms with E-state index in [-0.39, 0.29) is 5.03 Å². The van der Waals surface area contributed by atoms with Crippen molar-refractivity contribution in [1.82, 2.24) is 4.98 Å². The summed E-state index contributed by atoms with van der Waals surface area (Å²) in [6, 6.07) is 3.10. The van der Waals surface area contributed by atoms with Gasteiger partial charge in [-0.1, -0.05) is 13.0 Å². The summed E-state index contributed by atoms with van der Waals surface area (Å²) in [4.78, 5) is 3.70. The van der Waals surface area contributed by atoms with E-state index in [1.54, 1.807) is 6.07 Å². The SMILES string of the molecule is CCc1ccc(S(=O)(=O)Cl)nc1. The average molecular weight is 206 g/mol. The highest BCUT2D eigenvalue weighted by molar-refractivity contribution is 8.13. The highest BCUT2D eigenvalue weighted by Gasteiger charge is 2.10. The van der Waals surface area contributed by atoms with E-state index < -0.39 is 9.05 Å². The number of nitrogens with zero attached hydrogens (tertiary/aromatic N) is 1. The summed E-state index contributed by atoms with van der Waals surface area (Å²) in [5.41, 5.74) is 0.985. The van der Waals surface area contributed by atoms with E-state index in [4.69, 9.17) is 10.7 Å². The molecule has 3 nitrogen and oxygen atoms in total. The molecule has 66 valence electrons. The largest absolute Gasteiger partial charge is 0.278 e. The summed E-state index contributed by atoms with van der Waals surface area (Å²) < 4.78 is 21.5. The molecule has 0 atom stereocenters. The van der Waals surface area contributed by atoms with Crippen molar-refractivity contribution in [3.63, 3.8) is 0 Å². The van der Waals surface area contributed by atoms with E-state index in [2.05, 4.69) is 4.98 Å². The summed E-state index contributed by atoms with van der Waals surface area (Å²) >= 11 is 0. The molecule has 0 saturated heterocycles. The van der Waals surface area contributed by atoms with Gasteiger partial charge in [0.25, 0.3) is 9.05 Å². The van der Waals surface area contributed by atoms with Crippen LogP contribution in [0.2, 0.25) is 0 Å². The van der Waals surface area contributed by atoms with Crippen LogP contribution >= 0.6 is 10.7 Å². The fraction of sp³-hybridized carbons (Fsp3) is 0.286. The van der Waals surface area contributed by atoms with Crippen LogP contribution in [0, 0.1) is 0 Å². The zero-order chi connectivity index (χ0) is 9.19. The van der Waals surface area contributed by atoms with E-state index in [1.807, 2.05) is 6.92 Å². The predicted octanol–water partition coefficient (Wildman–Crippen LogP) is 1.57. The van der Waals surface area contributed by atoms with Gasteiger partial charge in [0, 0.05) is 16.9 Å². The van der Waals surface area contributed by atoms with Gasteiger partial charge in [0.15, 0.2) is 5.03 Å². The first-order valence-electron chi connectivity index (χ1n) is 3.43. The molecule has 1 aromatic heterocycles. The summed E-state index contributed by atoms with van der Waals surface area (Å²) in [6.45, 7) is 1.96. The lowest BCUT2D eigenvalue weighted by molar-refractivity contribution is 0.606. The summed E-state index contributed by atoms with van der Waals surface area (Å²) in [7, 11) is 1.40. The molecule has 12 heavy (non-hydrogen) atoms. The maximum atomic E-state index is 10.7. The van der Waals surface area contributed by atoms with Gasteiger partial charge in [0.05, 0.1) is 0 Å². The van der Waals surface area contributed by atoms with Gasteiger partial charge in [0.2, 0.25) is 0 Å². The topological polar surface area (TPSA) is 47.0 Å². The molecule has 0 N–H and O–H groups in total. The highest BCUT2D eigenvalue weighted by atomic mass is 35.7. The second-order valence-corrected chi connectivity index (χ2v) is 4.81. The molecule has 1 aromatic rings. The molecular formula is C7H8ClNO2S. The number of halogens is 1. The Morgan fingerprint density at radius 1 is 1.50 bits per heavy atom.